The number of benzene rings is 2. The minimum absolute atomic E-state index is 0.0753. The van der Waals surface area contributed by atoms with Crippen molar-refractivity contribution in [1.82, 2.24) is 9.55 Å². The number of alkyl halides is 3. The lowest BCUT2D eigenvalue weighted by atomic mass is 10.2. The zero-order valence-electron chi connectivity index (χ0n) is 14.6. The number of imidazole rings is 1. The molecule has 0 saturated heterocycles. The number of para-hydroxylation sites is 1. The average molecular weight is 399 g/mol. The molecule has 1 aromatic heterocycles. The summed E-state index contributed by atoms with van der Waals surface area (Å²) in [5, 5.41) is 0.453. The summed E-state index contributed by atoms with van der Waals surface area (Å²) in [6.07, 6.45) is -4.42. The topological polar surface area (TPSA) is 36.3 Å². The van der Waals surface area contributed by atoms with Gasteiger partial charge in [0.25, 0.3) is 0 Å². The third kappa shape index (κ3) is 4.54. The van der Waals surface area contributed by atoms with Crippen molar-refractivity contribution in [3.63, 3.8) is 0 Å². The first kappa shape index (κ1) is 19.5. The monoisotopic (exact) mass is 398 g/mol. The summed E-state index contributed by atoms with van der Waals surface area (Å²) in [5.41, 5.74) is 0.127. The highest BCUT2D eigenvalue weighted by Gasteiger charge is 2.31. The Morgan fingerprint density at radius 1 is 1.15 bits per heavy atom. The minimum atomic E-state index is -4.42. The summed E-state index contributed by atoms with van der Waals surface area (Å²) in [7, 11) is 0. The molecule has 3 aromatic rings. The van der Waals surface area contributed by atoms with Crippen molar-refractivity contribution in [3.05, 3.63) is 58.9 Å². The van der Waals surface area contributed by atoms with Crippen LogP contribution in [-0.4, -0.2) is 22.8 Å². The van der Waals surface area contributed by atoms with E-state index in [4.69, 9.17) is 21.1 Å². The van der Waals surface area contributed by atoms with Crippen molar-refractivity contribution in [3.8, 4) is 5.75 Å². The van der Waals surface area contributed by atoms with Crippen LogP contribution in [0.5, 0.6) is 5.75 Å². The molecule has 0 fully saturated rings. The highest BCUT2D eigenvalue weighted by molar-refractivity contribution is 6.32. The Hall–Kier alpha value is -2.25. The van der Waals surface area contributed by atoms with Gasteiger partial charge < -0.3 is 14.0 Å². The summed E-state index contributed by atoms with van der Waals surface area (Å²) in [4.78, 5) is 4.35. The molecule has 144 valence electrons. The lowest BCUT2D eigenvalue weighted by molar-refractivity contribution is -0.137. The Labute approximate surface area is 159 Å². The van der Waals surface area contributed by atoms with Crippen molar-refractivity contribution < 1.29 is 22.6 Å². The third-order valence-electron chi connectivity index (χ3n) is 4.01. The summed E-state index contributed by atoms with van der Waals surface area (Å²) in [6, 6.07) is 10.5. The second-order valence-electron chi connectivity index (χ2n) is 5.80. The van der Waals surface area contributed by atoms with E-state index in [1.54, 1.807) is 24.3 Å². The summed E-state index contributed by atoms with van der Waals surface area (Å²) in [6.45, 7) is 3.38. The van der Waals surface area contributed by atoms with Gasteiger partial charge in [-0.1, -0.05) is 23.7 Å². The molecule has 27 heavy (non-hydrogen) atoms. The number of ether oxygens (including phenoxy) is 2. The Bertz CT molecular complexity index is 925. The Morgan fingerprint density at radius 3 is 2.63 bits per heavy atom. The number of fused-ring (bicyclic) bond motifs is 1. The van der Waals surface area contributed by atoms with E-state index in [9.17, 15) is 13.2 Å². The van der Waals surface area contributed by atoms with E-state index in [1.165, 1.54) is 6.07 Å². The molecule has 0 amide bonds. The van der Waals surface area contributed by atoms with Gasteiger partial charge in [-0.05, 0) is 37.3 Å². The molecule has 0 aliphatic carbocycles. The molecule has 0 bridgehead atoms. The Balaban J connectivity index is 1.93. The highest BCUT2D eigenvalue weighted by Crippen LogP contribution is 2.32. The lowest BCUT2D eigenvalue weighted by Gasteiger charge is -2.11. The third-order valence-corrected chi connectivity index (χ3v) is 4.32. The Morgan fingerprint density at radius 2 is 1.93 bits per heavy atom. The molecular weight excluding hydrogens is 381 g/mol. The number of hydrogen-bond donors (Lipinski definition) is 0. The molecule has 1 heterocycles. The zero-order chi connectivity index (χ0) is 19.4. The number of nitrogens with zero attached hydrogens (tertiary/aromatic N) is 2. The van der Waals surface area contributed by atoms with Gasteiger partial charge >= 0.3 is 6.18 Å². The van der Waals surface area contributed by atoms with E-state index >= 15 is 0 Å². The molecule has 0 spiro atoms. The fourth-order valence-electron chi connectivity index (χ4n) is 2.72. The average Bonchev–Trinajstić information content (AvgIpc) is 2.97. The second kappa shape index (κ2) is 8.19. The lowest BCUT2D eigenvalue weighted by Crippen LogP contribution is -2.11. The first-order valence-electron chi connectivity index (χ1n) is 8.41. The minimum Gasteiger partial charge on any atom is -0.484 e. The van der Waals surface area contributed by atoms with Gasteiger partial charge in [0.2, 0.25) is 0 Å². The van der Waals surface area contributed by atoms with Crippen LogP contribution in [0.1, 0.15) is 18.3 Å². The fraction of sp³-hybridized carbons (Fsp3) is 0.316. The molecule has 2 aromatic carbocycles. The molecule has 8 heteroatoms. The predicted octanol–water partition coefficient (Wildman–Crippen LogP) is 5.32. The van der Waals surface area contributed by atoms with Gasteiger partial charge in [-0.25, -0.2) is 4.98 Å². The van der Waals surface area contributed by atoms with Crippen LogP contribution in [0.2, 0.25) is 5.02 Å². The van der Waals surface area contributed by atoms with Crippen molar-refractivity contribution in [1.29, 1.82) is 0 Å². The number of halogens is 4. The summed E-state index contributed by atoms with van der Waals surface area (Å²) >= 11 is 6.09. The molecule has 3 rings (SSSR count). The molecule has 0 radical (unpaired) electrons. The zero-order valence-corrected chi connectivity index (χ0v) is 15.3. The maximum absolute atomic E-state index is 13.0. The van der Waals surface area contributed by atoms with Crippen LogP contribution in [0, 0.1) is 0 Å². The SMILES string of the molecule is CCOCCn1c(COc2ccccc2Cl)nc2cc(C(F)(F)F)ccc21. The highest BCUT2D eigenvalue weighted by atomic mass is 35.5. The van der Waals surface area contributed by atoms with Gasteiger partial charge in [0.15, 0.2) is 0 Å². The first-order valence-corrected chi connectivity index (χ1v) is 8.79. The van der Waals surface area contributed by atoms with Crippen LogP contribution in [0.4, 0.5) is 13.2 Å². The number of hydrogen-bond acceptors (Lipinski definition) is 3. The molecule has 0 atom stereocenters. The smallest absolute Gasteiger partial charge is 0.416 e. The molecule has 0 N–H and O–H groups in total. The van der Waals surface area contributed by atoms with Crippen molar-refractivity contribution in [2.75, 3.05) is 13.2 Å². The van der Waals surface area contributed by atoms with Crippen LogP contribution in [-0.2, 0) is 24.1 Å². The van der Waals surface area contributed by atoms with Gasteiger partial charge in [0, 0.05) is 13.2 Å². The van der Waals surface area contributed by atoms with Crippen LogP contribution >= 0.6 is 11.6 Å². The number of aromatic nitrogens is 2. The maximum atomic E-state index is 13.0. The molecule has 0 aliphatic heterocycles. The van der Waals surface area contributed by atoms with Crippen LogP contribution in [0.3, 0.4) is 0 Å². The molecule has 0 saturated carbocycles. The van der Waals surface area contributed by atoms with Crippen LogP contribution in [0.15, 0.2) is 42.5 Å². The number of rotatable bonds is 7. The quantitative estimate of drug-likeness (QED) is 0.505. The van der Waals surface area contributed by atoms with E-state index in [0.717, 1.165) is 12.1 Å². The molecule has 0 unspecified atom stereocenters. The fourth-order valence-corrected chi connectivity index (χ4v) is 2.91. The largest absolute Gasteiger partial charge is 0.484 e. The van der Waals surface area contributed by atoms with Crippen LogP contribution < -0.4 is 4.74 Å². The summed E-state index contributed by atoms with van der Waals surface area (Å²) < 4.78 is 51.9. The Kier molecular flexibility index (Phi) is 5.92. The van der Waals surface area contributed by atoms with E-state index in [0.29, 0.717) is 41.9 Å². The molecular formula is C19H18ClF3N2O2. The van der Waals surface area contributed by atoms with Gasteiger partial charge in [-0.15, -0.1) is 0 Å². The van der Waals surface area contributed by atoms with E-state index in [1.807, 2.05) is 11.5 Å². The van der Waals surface area contributed by atoms with E-state index < -0.39 is 11.7 Å². The first-order chi connectivity index (χ1) is 12.9. The molecule has 0 aliphatic rings. The van der Waals surface area contributed by atoms with Gasteiger partial charge in [0.1, 0.15) is 18.2 Å². The van der Waals surface area contributed by atoms with Gasteiger partial charge in [0.05, 0.1) is 28.2 Å². The van der Waals surface area contributed by atoms with Crippen molar-refractivity contribution in [2.24, 2.45) is 0 Å². The van der Waals surface area contributed by atoms with Crippen molar-refractivity contribution in [2.45, 2.75) is 26.3 Å². The van der Waals surface area contributed by atoms with Crippen molar-refractivity contribution >= 4 is 22.6 Å². The van der Waals surface area contributed by atoms with E-state index in [-0.39, 0.29) is 12.1 Å². The normalized spacial score (nSPS) is 11.9. The maximum Gasteiger partial charge on any atom is 0.416 e. The summed E-state index contributed by atoms with van der Waals surface area (Å²) in [5.74, 6) is 0.988. The second-order valence-corrected chi connectivity index (χ2v) is 6.20. The predicted molar refractivity (Wildman–Crippen MR) is 97.0 cm³/mol. The van der Waals surface area contributed by atoms with Gasteiger partial charge in [-0.3, -0.25) is 0 Å². The standard InChI is InChI=1S/C19H18ClF3N2O2/c1-2-26-10-9-25-16-8-7-13(19(21,22)23)11-15(16)24-18(25)12-27-17-6-4-3-5-14(17)20/h3-8,11H,2,9-10,12H2,1H3. The van der Waals surface area contributed by atoms with Crippen LogP contribution in [0.25, 0.3) is 11.0 Å². The van der Waals surface area contributed by atoms with E-state index in [2.05, 4.69) is 4.98 Å². The molecule has 4 nitrogen and oxygen atoms in total. The van der Waals surface area contributed by atoms with Gasteiger partial charge in [-0.2, -0.15) is 13.2 Å².